The van der Waals surface area contributed by atoms with Crippen molar-refractivity contribution in [3.05, 3.63) is 71.5 Å². The molecule has 2 aromatic carbocycles. The minimum Gasteiger partial charge on any atom is -0.475 e. The first kappa shape index (κ1) is 14.7. The molecule has 0 radical (unpaired) electrons. The predicted octanol–water partition coefficient (Wildman–Crippen LogP) is 3.58. The molecule has 1 aliphatic rings. The molecule has 114 valence electrons. The maximum Gasteiger partial charge on any atom is 0.216 e. The molecule has 22 heavy (non-hydrogen) atoms. The molecule has 0 aromatic heterocycles. The Kier molecular flexibility index (Phi) is 4.20. The normalized spacial score (nSPS) is 20.5. The Labute approximate surface area is 129 Å². The van der Waals surface area contributed by atoms with Gasteiger partial charge in [0, 0.05) is 5.56 Å². The van der Waals surface area contributed by atoms with E-state index in [1.165, 1.54) is 12.1 Å². The molecular formula is C18H18FNO2. The second kappa shape index (κ2) is 6.28. The van der Waals surface area contributed by atoms with Crippen molar-refractivity contribution in [2.45, 2.75) is 19.1 Å². The second-order valence-electron chi connectivity index (χ2n) is 5.69. The number of ether oxygens (including phenoxy) is 2. The van der Waals surface area contributed by atoms with Crippen LogP contribution in [0.15, 0.2) is 59.6 Å². The number of hydrogen-bond acceptors (Lipinski definition) is 3. The van der Waals surface area contributed by atoms with E-state index in [-0.39, 0.29) is 5.82 Å². The molecule has 0 N–H and O–H groups in total. The van der Waals surface area contributed by atoms with Gasteiger partial charge in [0.25, 0.3) is 0 Å². The van der Waals surface area contributed by atoms with Gasteiger partial charge < -0.3 is 9.47 Å². The monoisotopic (exact) mass is 299 g/mol. The Bertz CT molecular complexity index is 655. The van der Waals surface area contributed by atoms with Crippen molar-refractivity contribution >= 4 is 5.90 Å². The molecule has 4 heteroatoms. The minimum atomic E-state index is -0.404. The number of nitrogens with zero attached hydrogens (tertiary/aromatic N) is 1. The van der Waals surface area contributed by atoms with E-state index >= 15 is 0 Å². The van der Waals surface area contributed by atoms with Crippen LogP contribution < -0.4 is 0 Å². The number of hydrogen-bond donors (Lipinski definition) is 0. The van der Waals surface area contributed by atoms with Gasteiger partial charge in [0.1, 0.15) is 18.0 Å². The van der Waals surface area contributed by atoms with Crippen molar-refractivity contribution in [3.8, 4) is 0 Å². The molecule has 1 atom stereocenters. The van der Waals surface area contributed by atoms with E-state index in [1.54, 1.807) is 12.1 Å². The maximum atomic E-state index is 13.0. The van der Waals surface area contributed by atoms with E-state index in [0.29, 0.717) is 25.7 Å². The van der Waals surface area contributed by atoms with E-state index < -0.39 is 5.54 Å². The third-order valence-corrected chi connectivity index (χ3v) is 3.51. The second-order valence-corrected chi connectivity index (χ2v) is 5.69. The Hall–Kier alpha value is -2.20. The summed E-state index contributed by atoms with van der Waals surface area (Å²) in [6.45, 7) is 3.49. The van der Waals surface area contributed by atoms with Gasteiger partial charge in [-0.3, -0.25) is 0 Å². The molecule has 1 unspecified atom stereocenters. The van der Waals surface area contributed by atoms with Gasteiger partial charge in [-0.2, -0.15) is 0 Å². The highest BCUT2D eigenvalue weighted by molar-refractivity contribution is 5.95. The quantitative estimate of drug-likeness (QED) is 0.845. The van der Waals surface area contributed by atoms with Gasteiger partial charge in [0.05, 0.1) is 13.2 Å². The summed E-state index contributed by atoms with van der Waals surface area (Å²) in [4.78, 5) is 4.60. The third-order valence-electron chi connectivity index (χ3n) is 3.51. The van der Waals surface area contributed by atoms with Gasteiger partial charge in [0.2, 0.25) is 5.90 Å². The molecule has 0 aliphatic carbocycles. The molecule has 2 aromatic rings. The van der Waals surface area contributed by atoms with Crippen molar-refractivity contribution < 1.29 is 13.9 Å². The lowest BCUT2D eigenvalue weighted by Gasteiger charge is -2.18. The fourth-order valence-corrected chi connectivity index (χ4v) is 2.31. The zero-order chi connectivity index (χ0) is 15.4. The number of rotatable bonds is 5. The van der Waals surface area contributed by atoms with Gasteiger partial charge in [-0.25, -0.2) is 9.38 Å². The summed E-state index contributed by atoms with van der Waals surface area (Å²) in [6.07, 6.45) is 0. The van der Waals surface area contributed by atoms with Crippen LogP contribution in [0.2, 0.25) is 0 Å². The topological polar surface area (TPSA) is 30.8 Å². The summed E-state index contributed by atoms with van der Waals surface area (Å²) < 4.78 is 24.4. The van der Waals surface area contributed by atoms with Crippen LogP contribution in [0.5, 0.6) is 0 Å². The van der Waals surface area contributed by atoms with Gasteiger partial charge in [0.15, 0.2) is 0 Å². The van der Waals surface area contributed by atoms with Crippen molar-refractivity contribution in [2.24, 2.45) is 4.99 Å². The van der Waals surface area contributed by atoms with Crippen molar-refractivity contribution in [3.63, 3.8) is 0 Å². The van der Waals surface area contributed by atoms with Crippen LogP contribution >= 0.6 is 0 Å². The lowest BCUT2D eigenvalue weighted by atomic mass is 10.1. The molecule has 1 aliphatic heterocycles. The Morgan fingerprint density at radius 1 is 1.14 bits per heavy atom. The van der Waals surface area contributed by atoms with Crippen LogP contribution in [0.4, 0.5) is 4.39 Å². The summed E-state index contributed by atoms with van der Waals surface area (Å²) >= 11 is 0. The van der Waals surface area contributed by atoms with E-state index in [1.807, 2.05) is 37.3 Å². The first-order valence-corrected chi connectivity index (χ1v) is 7.25. The van der Waals surface area contributed by atoms with E-state index in [9.17, 15) is 4.39 Å². The molecule has 0 saturated carbocycles. The summed E-state index contributed by atoms with van der Waals surface area (Å²) in [5.41, 5.74) is 1.51. The Morgan fingerprint density at radius 3 is 2.59 bits per heavy atom. The van der Waals surface area contributed by atoms with Crippen LogP contribution in [0.3, 0.4) is 0 Å². The Morgan fingerprint density at radius 2 is 1.86 bits per heavy atom. The summed E-state index contributed by atoms with van der Waals surface area (Å²) in [7, 11) is 0. The SMILES string of the molecule is CC1(COCc2ccccc2)COC(c2ccc(F)cc2)=N1. The fraction of sp³-hybridized carbons (Fsp3) is 0.278. The molecule has 3 rings (SSSR count). The smallest absolute Gasteiger partial charge is 0.216 e. The highest BCUT2D eigenvalue weighted by Crippen LogP contribution is 2.22. The Balaban J connectivity index is 1.60. The highest BCUT2D eigenvalue weighted by atomic mass is 19.1. The lowest BCUT2D eigenvalue weighted by Crippen LogP contribution is -2.30. The third kappa shape index (κ3) is 3.52. The molecule has 1 heterocycles. The summed E-state index contributed by atoms with van der Waals surface area (Å²) in [5.74, 6) is 0.280. The summed E-state index contributed by atoms with van der Waals surface area (Å²) in [5, 5.41) is 0. The molecule has 0 fully saturated rings. The van der Waals surface area contributed by atoms with Gasteiger partial charge in [-0.15, -0.1) is 0 Å². The van der Waals surface area contributed by atoms with E-state index in [0.717, 1.165) is 11.1 Å². The zero-order valence-electron chi connectivity index (χ0n) is 12.5. The number of halogens is 1. The average Bonchev–Trinajstić information content (AvgIpc) is 2.92. The zero-order valence-corrected chi connectivity index (χ0v) is 12.5. The molecule has 0 saturated heterocycles. The van der Waals surface area contributed by atoms with Crippen LogP contribution in [-0.4, -0.2) is 24.7 Å². The van der Waals surface area contributed by atoms with Gasteiger partial charge in [-0.1, -0.05) is 30.3 Å². The largest absolute Gasteiger partial charge is 0.475 e. The molecular weight excluding hydrogens is 281 g/mol. The molecule has 0 bridgehead atoms. The standard InChI is InChI=1S/C18H18FNO2/c1-18(12-21-11-14-5-3-2-4-6-14)13-22-17(20-18)15-7-9-16(19)10-8-15/h2-10H,11-13H2,1H3. The van der Waals surface area contributed by atoms with Crippen LogP contribution in [0.1, 0.15) is 18.1 Å². The molecule has 0 spiro atoms. The van der Waals surface area contributed by atoms with Crippen molar-refractivity contribution in [1.29, 1.82) is 0 Å². The van der Waals surface area contributed by atoms with Crippen LogP contribution in [0, 0.1) is 5.82 Å². The van der Waals surface area contributed by atoms with Crippen molar-refractivity contribution in [2.75, 3.05) is 13.2 Å². The molecule has 0 amide bonds. The maximum absolute atomic E-state index is 13.0. The van der Waals surface area contributed by atoms with E-state index in [4.69, 9.17) is 9.47 Å². The first-order valence-electron chi connectivity index (χ1n) is 7.25. The minimum absolute atomic E-state index is 0.267. The molecule has 3 nitrogen and oxygen atoms in total. The van der Waals surface area contributed by atoms with E-state index in [2.05, 4.69) is 4.99 Å². The van der Waals surface area contributed by atoms with Gasteiger partial charge in [-0.05, 0) is 36.8 Å². The number of benzene rings is 2. The summed E-state index contributed by atoms with van der Waals surface area (Å²) in [6, 6.07) is 16.2. The van der Waals surface area contributed by atoms with Crippen LogP contribution in [0.25, 0.3) is 0 Å². The van der Waals surface area contributed by atoms with Crippen molar-refractivity contribution in [1.82, 2.24) is 0 Å². The lowest BCUT2D eigenvalue weighted by molar-refractivity contribution is 0.0690. The predicted molar refractivity (Wildman–Crippen MR) is 83.4 cm³/mol. The van der Waals surface area contributed by atoms with Crippen LogP contribution in [-0.2, 0) is 16.1 Å². The average molecular weight is 299 g/mol. The number of aliphatic imine (C=N–C) groups is 1. The fourth-order valence-electron chi connectivity index (χ4n) is 2.31. The highest BCUT2D eigenvalue weighted by Gasteiger charge is 2.32. The first-order chi connectivity index (χ1) is 10.6. The van der Waals surface area contributed by atoms with Gasteiger partial charge >= 0.3 is 0 Å².